The summed E-state index contributed by atoms with van der Waals surface area (Å²) in [6.07, 6.45) is 4.55. The maximum absolute atomic E-state index is 11.9. The molecule has 0 heterocycles. The van der Waals surface area contributed by atoms with E-state index in [-0.39, 0.29) is 11.9 Å². The molecule has 0 saturated carbocycles. The summed E-state index contributed by atoms with van der Waals surface area (Å²) in [5.74, 6) is 5.57. The Bertz CT molecular complexity index is 594. The lowest BCUT2D eigenvalue weighted by atomic mass is 10.2. The number of hydrogen-bond acceptors (Lipinski definition) is 3. The van der Waals surface area contributed by atoms with E-state index in [9.17, 15) is 9.59 Å². The second-order valence-electron chi connectivity index (χ2n) is 5.11. The first kappa shape index (κ1) is 18.5. The summed E-state index contributed by atoms with van der Waals surface area (Å²) in [7, 11) is 1.39. The van der Waals surface area contributed by atoms with Crippen LogP contribution in [-0.2, 0) is 14.3 Å². The maximum atomic E-state index is 11.9. The fraction of sp³-hybridized carbons (Fsp3) is 0.368. The fourth-order valence-electron chi connectivity index (χ4n) is 1.83. The standard InChI is InChI=1S/C19H23NO3/c1-16(10-9-13-17-11-5-3-6-12-17)19(22)20-15-8-4-7-14-18(21)23-2/h3,5-6,10-12H,4,7-8,14-15H2,1-2H3,(H,20,22)/b16-10+. The molecule has 0 aromatic heterocycles. The molecule has 1 N–H and O–H groups in total. The molecule has 0 unspecified atom stereocenters. The molecule has 4 heteroatoms. The molecule has 1 aromatic rings. The van der Waals surface area contributed by atoms with Gasteiger partial charge in [0.25, 0.3) is 0 Å². The highest BCUT2D eigenvalue weighted by Crippen LogP contribution is 2.01. The minimum Gasteiger partial charge on any atom is -0.469 e. The lowest BCUT2D eigenvalue weighted by Crippen LogP contribution is -2.25. The Morgan fingerprint density at radius 3 is 2.61 bits per heavy atom. The van der Waals surface area contributed by atoms with Crippen LogP contribution in [0.5, 0.6) is 0 Å². The highest BCUT2D eigenvalue weighted by molar-refractivity contribution is 5.93. The molecule has 23 heavy (non-hydrogen) atoms. The minimum atomic E-state index is -0.190. The second kappa shape index (κ2) is 11.1. The number of allylic oxidation sites excluding steroid dienone is 1. The van der Waals surface area contributed by atoms with Crippen LogP contribution in [0.25, 0.3) is 0 Å². The van der Waals surface area contributed by atoms with E-state index in [1.54, 1.807) is 13.0 Å². The van der Waals surface area contributed by atoms with Gasteiger partial charge in [0.15, 0.2) is 0 Å². The number of unbranched alkanes of at least 4 members (excludes halogenated alkanes) is 2. The van der Waals surface area contributed by atoms with Gasteiger partial charge in [0.1, 0.15) is 0 Å². The van der Waals surface area contributed by atoms with Crippen molar-refractivity contribution >= 4 is 11.9 Å². The van der Waals surface area contributed by atoms with E-state index in [0.717, 1.165) is 24.8 Å². The van der Waals surface area contributed by atoms with Crippen molar-refractivity contribution in [2.45, 2.75) is 32.6 Å². The molecule has 122 valence electrons. The van der Waals surface area contributed by atoms with Crippen LogP contribution >= 0.6 is 0 Å². The maximum Gasteiger partial charge on any atom is 0.305 e. The number of carbonyl (C=O) groups is 2. The van der Waals surface area contributed by atoms with Crippen LogP contribution in [0.2, 0.25) is 0 Å². The smallest absolute Gasteiger partial charge is 0.305 e. The molecule has 1 rings (SSSR count). The van der Waals surface area contributed by atoms with Gasteiger partial charge in [-0.2, -0.15) is 0 Å². The van der Waals surface area contributed by atoms with Crippen molar-refractivity contribution in [3.05, 3.63) is 47.5 Å². The van der Waals surface area contributed by atoms with E-state index in [1.807, 2.05) is 30.3 Å². The van der Waals surface area contributed by atoms with Crippen molar-refractivity contribution in [1.29, 1.82) is 0 Å². The van der Waals surface area contributed by atoms with Gasteiger partial charge in [-0.1, -0.05) is 36.5 Å². The summed E-state index contributed by atoms with van der Waals surface area (Å²) in [5.41, 5.74) is 1.51. The molecular weight excluding hydrogens is 290 g/mol. The van der Waals surface area contributed by atoms with Crippen LogP contribution in [0.15, 0.2) is 42.0 Å². The Morgan fingerprint density at radius 2 is 1.91 bits per heavy atom. The van der Waals surface area contributed by atoms with Crippen molar-refractivity contribution in [2.75, 3.05) is 13.7 Å². The number of esters is 1. The van der Waals surface area contributed by atoms with Crippen molar-refractivity contribution in [1.82, 2.24) is 5.32 Å². The summed E-state index contributed by atoms with van der Waals surface area (Å²) >= 11 is 0. The van der Waals surface area contributed by atoms with Crippen LogP contribution < -0.4 is 5.32 Å². The number of benzene rings is 1. The van der Waals surface area contributed by atoms with E-state index < -0.39 is 0 Å². The lowest BCUT2D eigenvalue weighted by Gasteiger charge is -2.04. The highest BCUT2D eigenvalue weighted by Gasteiger charge is 2.03. The summed E-state index contributed by atoms with van der Waals surface area (Å²) in [6.45, 7) is 2.34. The average molecular weight is 313 g/mol. The Balaban J connectivity index is 2.25. The second-order valence-corrected chi connectivity index (χ2v) is 5.11. The molecule has 0 aliphatic heterocycles. The topological polar surface area (TPSA) is 55.4 Å². The number of amides is 1. The monoisotopic (exact) mass is 313 g/mol. The van der Waals surface area contributed by atoms with Crippen molar-refractivity contribution in [2.24, 2.45) is 0 Å². The molecule has 0 bridgehead atoms. The molecular formula is C19H23NO3. The zero-order chi connectivity index (χ0) is 16.9. The molecule has 0 fully saturated rings. The van der Waals surface area contributed by atoms with E-state index in [1.165, 1.54) is 7.11 Å². The van der Waals surface area contributed by atoms with E-state index in [4.69, 9.17) is 0 Å². The third-order valence-electron chi connectivity index (χ3n) is 3.21. The number of nitrogens with one attached hydrogen (secondary N) is 1. The molecule has 1 amide bonds. The number of hydrogen-bond donors (Lipinski definition) is 1. The Kier molecular flexibility index (Phi) is 8.92. The minimum absolute atomic E-state index is 0.111. The van der Waals surface area contributed by atoms with Gasteiger partial charge in [-0.05, 0) is 38.0 Å². The van der Waals surface area contributed by atoms with Crippen molar-refractivity contribution < 1.29 is 14.3 Å². The number of carbonyl (C=O) groups excluding carboxylic acids is 2. The van der Waals surface area contributed by atoms with Gasteiger partial charge in [0.05, 0.1) is 7.11 Å². The first-order valence-corrected chi connectivity index (χ1v) is 7.72. The predicted octanol–water partition coefficient (Wildman–Crippen LogP) is 2.83. The zero-order valence-corrected chi connectivity index (χ0v) is 13.7. The van der Waals surface area contributed by atoms with Crippen LogP contribution in [0.1, 0.15) is 38.2 Å². The Morgan fingerprint density at radius 1 is 1.17 bits per heavy atom. The molecule has 4 nitrogen and oxygen atoms in total. The van der Waals surface area contributed by atoms with Gasteiger partial charge in [0, 0.05) is 24.1 Å². The van der Waals surface area contributed by atoms with Crippen molar-refractivity contribution in [3.63, 3.8) is 0 Å². The van der Waals surface area contributed by atoms with Gasteiger partial charge in [-0.3, -0.25) is 9.59 Å². The molecule has 0 aliphatic rings. The molecule has 0 radical (unpaired) electrons. The normalized spacial score (nSPS) is 10.4. The van der Waals surface area contributed by atoms with Gasteiger partial charge in [0.2, 0.25) is 5.91 Å². The van der Waals surface area contributed by atoms with Gasteiger partial charge in [-0.15, -0.1) is 0 Å². The molecule has 0 spiro atoms. The molecule has 0 aliphatic carbocycles. The summed E-state index contributed by atoms with van der Waals surface area (Å²) < 4.78 is 4.57. The number of methoxy groups -OCH3 is 1. The highest BCUT2D eigenvalue weighted by atomic mass is 16.5. The zero-order valence-electron chi connectivity index (χ0n) is 13.7. The van der Waals surface area contributed by atoms with Crippen molar-refractivity contribution in [3.8, 4) is 11.8 Å². The summed E-state index contributed by atoms with van der Waals surface area (Å²) in [5, 5.41) is 2.84. The summed E-state index contributed by atoms with van der Waals surface area (Å²) in [6, 6.07) is 9.63. The molecule has 0 saturated heterocycles. The van der Waals surface area contributed by atoms with E-state index >= 15 is 0 Å². The van der Waals surface area contributed by atoms with Crippen LogP contribution in [0, 0.1) is 11.8 Å². The van der Waals surface area contributed by atoms with Gasteiger partial charge < -0.3 is 10.1 Å². The predicted molar refractivity (Wildman–Crippen MR) is 90.6 cm³/mol. The summed E-state index contributed by atoms with van der Waals surface area (Å²) in [4.78, 5) is 22.8. The van der Waals surface area contributed by atoms with Gasteiger partial charge in [-0.25, -0.2) is 0 Å². The van der Waals surface area contributed by atoms with Crippen LogP contribution in [-0.4, -0.2) is 25.5 Å². The van der Waals surface area contributed by atoms with Crippen LogP contribution in [0.4, 0.5) is 0 Å². The SMILES string of the molecule is COC(=O)CCCCCNC(=O)/C(C)=C/C#Cc1ccccc1. The molecule has 1 aromatic carbocycles. The largest absolute Gasteiger partial charge is 0.469 e. The number of rotatable bonds is 7. The third-order valence-corrected chi connectivity index (χ3v) is 3.21. The van der Waals surface area contributed by atoms with E-state index in [2.05, 4.69) is 21.9 Å². The van der Waals surface area contributed by atoms with E-state index in [0.29, 0.717) is 18.5 Å². The Hall–Kier alpha value is -2.54. The Labute approximate surface area is 137 Å². The van der Waals surface area contributed by atoms with Gasteiger partial charge >= 0.3 is 5.97 Å². The average Bonchev–Trinajstić information content (AvgIpc) is 2.58. The quantitative estimate of drug-likeness (QED) is 0.364. The first-order chi connectivity index (χ1) is 11.1. The first-order valence-electron chi connectivity index (χ1n) is 7.72. The third kappa shape index (κ3) is 8.47. The number of ether oxygens (including phenoxy) is 1. The van der Waals surface area contributed by atoms with Crippen LogP contribution in [0.3, 0.4) is 0 Å². The lowest BCUT2D eigenvalue weighted by molar-refractivity contribution is -0.140. The molecule has 0 atom stereocenters. The fourth-order valence-corrected chi connectivity index (χ4v) is 1.83.